The van der Waals surface area contributed by atoms with E-state index in [2.05, 4.69) is 20.9 Å². The van der Waals surface area contributed by atoms with E-state index >= 15 is 0 Å². The molecule has 3 nitrogen and oxygen atoms in total. The van der Waals surface area contributed by atoms with E-state index in [1.165, 1.54) is 0 Å². The normalized spacial score (nSPS) is 10.8. The van der Waals surface area contributed by atoms with Gasteiger partial charge < -0.3 is 8.83 Å². The molecule has 4 heteroatoms. The second-order valence-electron chi connectivity index (χ2n) is 4.27. The molecular weight excluding hydrogens is 306 g/mol. The van der Waals surface area contributed by atoms with Crippen LogP contribution in [0.5, 0.6) is 0 Å². The Morgan fingerprint density at radius 2 is 1.84 bits per heavy atom. The van der Waals surface area contributed by atoms with Gasteiger partial charge in [-0.2, -0.15) is 0 Å². The molecule has 0 atom stereocenters. The van der Waals surface area contributed by atoms with Crippen LogP contribution in [0.1, 0.15) is 17.2 Å². The molecule has 0 bridgehead atoms. The van der Waals surface area contributed by atoms with Gasteiger partial charge in [-0.25, -0.2) is 4.98 Å². The minimum absolute atomic E-state index is 0.633. The first-order chi connectivity index (χ1) is 9.22. The average molecular weight is 318 g/mol. The summed E-state index contributed by atoms with van der Waals surface area (Å²) >= 11 is 3.30. The van der Waals surface area contributed by atoms with Gasteiger partial charge in [0, 0.05) is 5.56 Å². The summed E-state index contributed by atoms with van der Waals surface area (Å²) in [5, 5.41) is 0. The molecule has 3 rings (SSSR count). The number of oxazole rings is 1. The van der Waals surface area contributed by atoms with Crippen molar-refractivity contribution >= 4 is 15.9 Å². The smallest absolute Gasteiger partial charge is 0.226 e. The third kappa shape index (κ3) is 2.63. The maximum absolute atomic E-state index is 5.72. The summed E-state index contributed by atoms with van der Waals surface area (Å²) in [7, 11) is 0. The van der Waals surface area contributed by atoms with Gasteiger partial charge in [0.25, 0.3) is 0 Å². The van der Waals surface area contributed by atoms with Crippen LogP contribution in [-0.4, -0.2) is 4.98 Å². The molecule has 1 aromatic carbocycles. The second-order valence-corrected chi connectivity index (χ2v) is 5.05. The SMILES string of the molecule is Cc1oc(-c2ccccc2)nc1Cc1ccc(Br)o1. The van der Waals surface area contributed by atoms with Gasteiger partial charge in [-0.1, -0.05) is 18.2 Å². The van der Waals surface area contributed by atoms with Gasteiger partial charge in [0.15, 0.2) is 4.67 Å². The van der Waals surface area contributed by atoms with Crippen LogP contribution < -0.4 is 0 Å². The zero-order valence-electron chi connectivity index (χ0n) is 10.4. The molecule has 2 heterocycles. The fourth-order valence-corrected chi connectivity index (χ4v) is 2.25. The van der Waals surface area contributed by atoms with Gasteiger partial charge in [-0.15, -0.1) is 0 Å². The zero-order valence-corrected chi connectivity index (χ0v) is 12.0. The Kier molecular flexibility index (Phi) is 3.25. The highest BCUT2D eigenvalue weighted by atomic mass is 79.9. The van der Waals surface area contributed by atoms with Gasteiger partial charge >= 0.3 is 0 Å². The van der Waals surface area contributed by atoms with Crippen molar-refractivity contribution in [3.8, 4) is 11.5 Å². The Morgan fingerprint density at radius 3 is 2.53 bits per heavy atom. The highest BCUT2D eigenvalue weighted by molar-refractivity contribution is 9.10. The van der Waals surface area contributed by atoms with Gasteiger partial charge in [-0.05, 0) is 47.1 Å². The van der Waals surface area contributed by atoms with Gasteiger partial charge in [-0.3, -0.25) is 0 Å². The maximum atomic E-state index is 5.72. The van der Waals surface area contributed by atoms with E-state index in [9.17, 15) is 0 Å². The Hall–Kier alpha value is -1.81. The fraction of sp³-hybridized carbons (Fsp3) is 0.133. The lowest BCUT2D eigenvalue weighted by molar-refractivity contribution is 0.493. The lowest BCUT2D eigenvalue weighted by atomic mass is 10.2. The Bertz CT molecular complexity index is 685. The summed E-state index contributed by atoms with van der Waals surface area (Å²) in [4.78, 5) is 4.54. The van der Waals surface area contributed by atoms with E-state index in [1.807, 2.05) is 49.4 Å². The molecule has 0 radical (unpaired) electrons. The lowest BCUT2D eigenvalue weighted by Gasteiger charge is -1.93. The van der Waals surface area contributed by atoms with Crippen molar-refractivity contribution in [2.24, 2.45) is 0 Å². The summed E-state index contributed by atoms with van der Waals surface area (Å²) in [5.74, 6) is 2.34. The van der Waals surface area contributed by atoms with E-state index < -0.39 is 0 Å². The van der Waals surface area contributed by atoms with Crippen molar-refractivity contribution < 1.29 is 8.83 Å². The van der Waals surface area contributed by atoms with Crippen molar-refractivity contribution in [1.29, 1.82) is 0 Å². The van der Waals surface area contributed by atoms with Crippen molar-refractivity contribution in [3.63, 3.8) is 0 Å². The summed E-state index contributed by atoms with van der Waals surface area (Å²) in [6.07, 6.45) is 0.633. The van der Waals surface area contributed by atoms with Crippen LogP contribution in [-0.2, 0) is 6.42 Å². The summed E-state index contributed by atoms with van der Waals surface area (Å²) < 4.78 is 11.9. The predicted molar refractivity (Wildman–Crippen MR) is 75.9 cm³/mol. The molecule has 0 unspecified atom stereocenters. The number of hydrogen-bond acceptors (Lipinski definition) is 3. The average Bonchev–Trinajstić information content (AvgIpc) is 2.98. The summed E-state index contributed by atoms with van der Waals surface area (Å²) in [5.41, 5.74) is 1.89. The number of aromatic nitrogens is 1. The molecule has 0 saturated carbocycles. The van der Waals surface area contributed by atoms with Crippen LogP contribution in [0.2, 0.25) is 0 Å². The van der Waals surface area contributed by atoms with E-state index in [1.54, 1.807) is 0 Å². The molecule has 0 aliphatic heterocycles. The van der Waals surface area contributed by atoms with E-state index in [4.69, 9.17) is 8.83 Å². The molecule has 19 heavy (non-hydrogen) atoms. The summed E-state index contributed by atoms with van der Waals surface area (Å²) in [6, 6.07) is 13.7. The lowest BCUT2D eigenvalue weighted by Crippen LogP contribution is -1.88. The van der Waals surface area contributed by atoms with Crippen molar-refractivity contribution in [3.05, 3.63) is 64.3 Å². The first-order valence-electron chi connectivity index (χ1n) is 5.98. The largest absolute Gasteiger partial charge is 0.454 e. The highest BCUT2D eigenvalue weighted by Gasteiger charge is 2.13. The predicted octanol–water partition coefficient (Wildman–Crippen LogP) is 4.60. The standard InChI is InChI=1S/C15H12BrNO2/c1-10-13(9-12-7-8-14(16)19-12)17-15(18-10)11-5-3-2-4-6-11/h2-8H,9H2,1H3. The maximum Gasteiger partial charge on any atom is 0.226 e. The number of rotatable bonds is 3. The van der Waals surface area contributed by atoms with Gasteiger partial charge in [0.2, 0.25) is 5.89 Å². The number of halogens is 1. The molecule has 0 spiro atoms. The van der Waals surface area contributed by atoms with Crippen LogP contribution in [0.4, 0.5) is 0 Å². The van der Waals surface area contributed by atoms with Crippen LogP contribution in [0.3, 0.4) is 0 Å². The Balaban J connectivity index is 1.90. The number of aryl methyl sites for hydroxylation is 1. The van der Waals surface area contributed by atoms with E-state index in [0.717, 1.165) is 27.4 Å². The van der Waals surface area contributed by atoms with E-state index in [-0.39, 0.29) is 0 Å². The number of furan rings is 1. The third-order valence-electron chi connectivity index (χ3n) is 2.88. The van der Waals surface area contributed by atoms with Crippen LogP contribution >= 0.6 is 15.9 Å². The van der Waals surface area contributed by atoms with Crippen LogP contribution in [0.25, 0.3) is 11.5 Å². The number of nitrogens with zero attached hydrogens (tertiary/aromatic N) is 1. The molecule has 0 aliphatic carbocycles. The molecule has 0 N–H and O–H groups in total. The first kappa shape index (κ1) is 12.2. The quantitative estimate of drug-likeness (QED) is 0.708. The minimum Gasteiger partial charge on any atom is -0.454 e. The Labute approximate surface area is 119 Å². The number of benzene rings is 1. The topological polar surface area (TPSA) is 39.2 Å². The van der Waals surface area contributed by atoms with Crippen molar-refractivity contribution in [1.82, 2.24) is 4.98 Å². The van der Waals surface area contributed by atoms with E-state index in [0.29, 0.717) is 12.3 Å². The van der Waals surface area contributed by atoms with Crippen LogP contribution in [0, 0.1) is 6.92 Å². The molecular formula is C15H12BrNO2. The molecule has 0 amide bonds. The fourth-order valence-electron chi connectivity index (χ4n) is 1.91. The second kappa shape index (κ2) is 5.05. The molecule has 96 valence electrons. The van der Waals surface area contributed by atoms with Gasteiger partial charge in [0.1, 0.15) is 11.5 Å². The molecule has 3 aromatic rings. The minimum atomic E-state index is 0.633. The highest BCUT2D eigenvalue weighted by Crippen LogP contribution is 2.24. The molecule has 2 aromatic heterocycles. The molecule has 0 saturated heterocycles. The summed E-state index contributed by atoms with van der Waals surface area (Å²) in [6.45, 7) is 1.92. The van der Waals surface area contributed by atoms with Crippen LogP contribution in [0.15, 0.2) is 56.0 Å². The van der Waals surface area contributed by atoms with Crippen molar-refractivity contribution in [2.45, 2.75) is 13.3 Å². The molecule has 0 fully saturated rings. The van der Waals surface area contributed by atoms with Gasteiger partial charge in [0.05, 0.1) is 12.1 Å². The zero-order chi connectivity index (χ0) is 13.2. The van der Waals surface area contributed by atoms with Crippen molar-refractivity contribution in [2.75, 3.05) is 0 Å². The third-order valence-corrected chi connectivity index (χ3v) is 3.31. The number of hydrogen-bond donors (Lipinski definition) is 0. The Morgan fingerprint density at radius 1 is 1.05 bits per heavy atom. The monoisotopic (exact) mass is 317 g/mol. The molecule has 0 aliphatic rings. The first-order valence-corrected chi connectivity index (χ1v) is 6.77.